The summed E-state index contributed by atoms with van der Waals surface area (Å²) >= 11 is 0. The molecule has 0 fully saturated rings. The Morgan fingerprint density at radius 1 is 0.968 bits per heavy atom. The Balaban J connectivity index is 1.80. The number of rotatable bonds is 7. The third-order valence-electron chi connectivity index (χ3n) is 4.66. The maximum Gasteiger partial charge on any atom is 0.255 e. The standard InChI is InChI=1S/C23H22F2N2O3S/c1-16(2)27(15-17-6-4-3-5-7-17)31(29,30)20-11-8-18(9-12-20)23(28)26-22-13-10-19(24)14-21(22)25/h3-14,16H,15H2,1-2H3,(H,26,28). The van der Waals surface area contributed by atoms with Crippen molar-refractivity contribution in [3.05, 3.63) is 95.6 Å². The largest absolute Gasteiger partial charge is 0.319 e. The number of anilines is 1. The average Bonchev–Trinajstić information content (AvgIpc) is 2.74. The van der Waals surface area contributed by atoms with Gasteiger partial charge in [-0.1, -0.05) is 30.3 Å². The smallest absolute Gasteiger partial charge is 0.255 e. The van der Waals surface area contributed by atoms with Crippen LogP contribution in [0.4, 0.5) is 14.5 Å². The quantitative estimate of drug-likeness (QED) is 0.568. The minimum atomic E-state index is -3.81. The first kappa shape index (κ1) is 22.6. The summed E-state index contributed by atoms with van der Waals surface area (Å²) in [6, 6.07) is 17.2. The topological polar surface area (TPSA) is 66.5 Å². The number of benzene rings is 3. The summed E-state index contributed by atoms with van der Waals surface area (Å²) in [6.45, 7) is 3.80. The number of halogens is 2. The van der Waals surface area contributed by atoms with Crippen LogP contribution < -0.4 is 5.32 Å². The first-order chi connectivity index (χ1) is 14.7. The molecule has 0 aliphatic carbocycles. The van der Waals surface area contributed by atoms with Crippen molar-refractivity contribution in [2.24, 2.45) is 0 Å². The van der Waals surface area contributed by atoms with Gasteiger partial charge in [-0.25, -0.2) is 17.2 Å². The second-order valence-electron chi connectivity index (χ2n) is 7.23. The number of hydrogen-bond acceptors (Lipinski definition) is 3. The van der Waals surface area contributed by atoms with Gasteiger partial charge in [0.25, 0.3) is 5.91 Å². The van der Waals surface area contributed by atoms with Gasteiger partial charge in [0.2, 0.25) is 10.0 Å². The molecule has 0 saturated carbocycles. The molecule has 3 aromatic rings. The van der Waals surface area contributed by atoms with Crippen molar-refractivity contribution in [2.45, 2.75) is 31.3 Å². The Labute approximate surface area is 180 Å². The van der Waals surface area contributed by atoms with Gasteiger partial charge in [-0.05, 0) is 55.8 Å². The van der Waals surface area contributed by atoms with Crippen LogP contribution in [0.2, 0.25) is 0 Å². The van der Waals surface area contributed by atoms with Crippen LogP contribution in [0.3, 0.4) is 0 Å². The summed E-state index contributed by atoms with van der Waals surface area (Å²) in [5.41, 5.74) is 0.830. The molecule has 8 heteroatoms. The zero-order valence-corrected chi connectivity index (χ0v) is 17.9. The molecule has 0 unspecified atom stereocenters. The number of carbonyl (C=O) groups excluding carboxylic acids is 1. The summed E-state index contributed by atoms with van der Waals surface area (Å²) in [4.78, 5) is 12.4. The molecule has 31 heavy (non-hydrogen) atoms. The summed E-state index contributed by atoms with van der Waals surface area (Å²) in [5.74, 6) is -2.30. The van der Waals surface area contributed by atoms with Crippen molar-refractivity contribution in [3.8, 4) is 0 Å². The van der Waals surface area contributed by atoms with Gasteiger partial charge in [0.15, 0.2) is 0 Å². The van der Waals surface area contributed by atoms with Crippen LogP contribution in [0, 0.1) is 11.6 Å². The maximum absolute atomic E-state index is 13.8. The van der Waals surface area contributed by atoms with Crippen molar-refractivity contribution in [2.75, 3.05) is 5.32 Å². The summed E-state index contributed by atoms with van der Waals surface area (Å²) in [7, 11) is -3.81. The van der Waals surface area contributed by atoms with Crippen LogP contribution in [-0.4, -0.2) is 24.7 Å². The molecule has 0 radical (unpaired) electrons. The van der Waals surface area contributed by atoms with Gasteiger partial charge >= 0.3 is 0 Å². The average molecular weight is 445 g/mol. The monoisotopic (exact) mass is 444 g/mol. The van der Waals surface area contributed by atoms with E-state index in [0.717, 1.165) is 17.7 Å². The Hall–Kier alpha value is -3.10. The Morgan fingerprint density at radius 2 is 1.61 bits per heavy atom. The fourth-order valence-corrected chi connectivity index (χ4v) is 4.63. The predicted molar refractivity (Wildman–Crippen MR) is 115 cm³/mol. The minimum Gasteiger partial charge on any atom is -0.319 e. The number of hydrogen-bond donors (Lipinski definition) is 1. The Bertz CT molecular complexity index is 1170. The van der Waals surface area contributed by atoms with E-state index in [4.69, 9.17) is 0 Å². The van der Waals surface area contributed by atoms with Gasteiger partial charge in [-0.15, -0.1) is 0 Å². The molecule has 3 aromatic carbocycles. The van der Waals surface area contributed by atoms with E-state index in [1.165, 1.54) is 28.6 Å². The summed E-state index contributed by atoms with van der Waals surface area (Å²) in [6.07, 6.45) is 0. The molecule has 162 valence electrons. The zero-order valence-electron chi connectivity index (χ0n) is 17.0. The molecule has 1 N–H and O–H groups in total. The SMILES string of the molecule is CC(C)N(Cc1ccccc1)S(=O)(=O)c1ccc(C(=O)Nc2ccc(F)cc2F)cc1. The van der Waals surface area contributed by atoms with Crippen molar-refractivity contribution < 1.29 is 22.0 Å². The lowest BCUT2D eigenvalue weighted by Gasteiger charge is -2.26. The number of sulfonamides is 1. The molecule has 0 saturated heterocycles. The molecule has 0 spiro atoms. The summed E-state index contributed by atoms with van der Waals surface area (Å²) < 4.78 is 54.5. The number of carbonyl (C=O) groups is 1. The molecular formula is C23H22F2N2O3S. The molecular weight excluding hydrogens is 422 g/mol. The van der Waals surface area contributed by atoms with E-state index in [0.29, 0.717) is 6.07 Å². The Kier molecular flexibility index (Phi) is 6.82. The molecule has 3 rings (SSSR count). The van der Waals surface area contributed by atoms with E-state index in [9.17, 15) is 22.0 Å². The Morgan fingerprint density at radius 3 is 2.19 bits per heavy atom. The van der Waals surface area contributed by atoms with Gasteiger partial charge in [0.05, 0.1) is 10.6 Å². The lowest BCUT2D eigenvalue weighted by Crippen LogP contribution is -2.36. The van der Waals surface area contributed by atoms with Crippen molar-refractivity contribution in [3.63, 3.8) is 0 Å². The lowest BCUT2D eigenvalue weighted by atomic mass is 10.2. The van der Waals surface area contributed by atoms with Crippen molar-refractivity contribution >= 4 is 21.6 Å². The van der Waals surface area contributed by atoms with E-state index in [2.05, 4.69) is 5.32 Å². The zero-order chi connectivity index (χ0) is 22.6. The van der Waals surface area contributed by atoms with Crippen LogP contribution in [-0.2, 0) is 16.6 Å². The van der Waals surface area contributed by atoms with Gasteiger partial charge in [0, 0.05) is 24.2 Å². The molecule has 0 heterocycles. The van der Waals surface area contributed by atoms with E-state index in [-0.39, 0.29) is 28.7 Å². The minimum absolute atomic E-state index is 0.0432. The second-order valence-corrected chi connectivity index (χ2v) is 9.12. The lowest BCUT2D eigenvalue weighted by molar-refractivity contribution is 0.102. The number of nitrogens with one attached hydrogen (secondary N) is 1. The predicted octanol–water partition coefficient (Wildman–Crippen LogP) is 4.82. The van der Waals surface area contributed by atoms with Crippen LogP contribution in [0.15, 0.2) is 77.7 Å². The van der Waals surface area contributed by atoms with Crippen LogP contribution in [0.5, 0.6) is 0 Å². The van der Waals surface area contributed by atoms with Crippen LogP contribution in [0.1, 0.15) is 29.8 Å². The van der Waals surface area contributed by atoms with E-state index in [1.807, 2.05) is 30.3 Å². The third kappa shape index (κ3) is 5.34. The maximum atomic E-state index is 13.8. The van der Waals surface area contributed by atoms with Gasteiger partial charge in [-0.3, -0.25) is 4.79 Å². The fraction of sp³-hybridized carbons (Fsp3) is 0.174. The highest BCUT2D eigenvalue weighted by Gasteiger charge is 2.27. The van der Waals surface area contributed by atoms with Crippen LogP contribution >= 0.6 is 0 Å². The highest BCUT2D eigenvalue weighted by molar-refractivity contribution is 7.89. The van der Waals surface area contributed by atoms with E-state index >= 15 is 0 Å². The van der Waals surface area contributed by atoms with Gasteiger partial charge in [-0.2, -0.15) is 4.31 Å². The molecule has 0 aliphatic rings. The molecule has 0 atom stereocenters. The highest BCUT2D eigenvalue weighted by Crippen LogP contribution is 2.22. The molecule has 0 aromatic heterocycles. The molecule has 0 aliphatic heterocycles. The normalized spacial score (nSPS) is 11.7. The van der Waals surface area contributed by atoms with Crippen molar-refractivity contribution in [1.82, 2.24) is 4.31 Å². The number of nitrogens with zero attached hydrogens (tertiary/aromatic N) is 1. The van der Waals surface area contributed by atoms with Gasteiger partial charge in [0.1, 0.15) is 11.6 Å². The molecule has 0 bridgehead atoms. The van der Waals surface area contributed by atoms with Gasteiger partial charge < -0.3 is 5.32 Å². The molecule has 1 amide bonds. The first-order valence-corrected chi connectivity index (χ1v) is 11.0. The first-order valence-electron chi connectivity index (χ1n) is 9.60. The third-order valence-corrected chi connectivity index (χ3v) is 6.70. The van der Waals surface area contributed by atoms with E-state index < -0.39 is 27.6 Å². The fourth-order valence-electron chi connectivity index (χ4n) is 3.01. The molecule has 5 nitrogen and oxygen atoms in total. The van der Waals surface area contributed by atoms with Crippen LogP contribution in [0.25, 0.3) is 0 Å². The highest BCUT2D eigenvalue weighted by atomic mass is 32.2. The summed E-state index contributed by atoms with van der Waals surface area (Å²) in [5, 5.41) is 2.35. The van der Waals surface area contributed by atoms with E-state index in [1.54, 1.807) is 13.8 Å². The van der Waals surface area contributed by atoms with Crippen molar-refractivity contribution in [1.29, 1.82) is 0 Å². The second kappa shape index (κ2) is 9.36. The number of amides is 1.